The van der Waals surface area contributed by atoms with E-state index in [0.717, 1.165) is 41.4 Å². The minimum atomic E-state index is -1.50. The number of hydrogen-bond donors (Lipinski definition) is 3. The second-order valence-electron chi connectivity index (χ2n) is 6.60. The van der Waals surface area contributed by atoms with Gasteiger partial charge in [0.1, 0.15) is 0 Å². The van der Waals surface area contributed by atoms with E-state index in [-0.39, 0.29) is 6.04 Å². The van der Waals surface area contributed by atoms with Crippen LogP contribution in [0.25, 0.3) is 0 Å². The average molecular weight is 484 g/mol. The fourth-order valence-electron chi connectivity index (χ4n) is 3.31. The molecule has 0 amide bonds. The molecule has 0 saturated carbocycles. The number of halogens is 1. The van der Waals surface area contributed by atoms with E-state index in [1.54, 1.807) is 6.20 Å². The number of H-pyrrole nitrogens is 1. The molecular formula is C18H25IN6O2. The van der Waals surface area contributed by atoms with Gasteiger partial charge in [-0.1, -0.05) is 0 Å². The van der Waals surface area contributed by atoms with Crippen molar-refractivity contribution >= 4 is 43.5 Å². The number of aromatic nitrogens is 3. The summed E-state index contributed by atoms with van der Waals surface area (Å²) in [6, 6.07) is 4.35. The molecule has 4 heterocycles. The number of morpholine rings is 1. The Balaban J connectivity index is 1.77. The molecule has 0 aliphatic carbocycles. The van der Waals surface area contributed by atoms with Gasteiger partial charge in [-0.05, 0) is 0 Å². The molecule has 3 N–H and O–H groups in total. The number of alkyl halides is 2. The van der Waals surface area contributed by atoms with Crippen LogP contribution in [0.1, 0.15) is 18.9 Å². The maximum absolute atomic E-state index is 8.05. The van der Waals surface area contributed by atoms with Crippen molar-refractivity contribution in [3.05, 3.63) is 27.5 Å². The first kappa shape index (κ1) is 18.6. The van der Waals surface area contributed by atoms with Crippen LogP contribution < -0.4 is 10.2 Å². The van der Waals surface area contributed by atoms with E-state index in [9.17, 15) is 0 Å². The topological polar surface area (TPSA) is 99.1 Å². The van der Waals surface area contributed by atoms with E-state index in [0.29, 0.717) is 19.0 Å². The summed E-state index contributed by atoms with van der Waals surface area (Å²) in [5, 5.41) is 18.3. The molecule has 2 aromatic heterocycles. The summed E-state index contributed by atoms with van der Waals surface area (Å²) in [6.45, 7) is 5.26. The van der Waals surface area contributed by atoms with Gasteiger partial charge in [-0.2, -0.15) is 0 Å². The Morgan fingerprint density at radius 1 is 1.41 bits per heavy atom. The molecule has 0 spiro atoms. The summed E-state index contributed by atoms with van der Waals surface area (Å²) >= 11 is -1.50. The summed E-state index contributed by atoms with van der Waals surface area (Å²) < 4.78 is 14.7. The van der Waals surface area contributed by atoms with Crippen molar-refractivity contribution in [2.75, 3.05) is 45.6 Å². The van der Waals surface area contributed by atoms with E-state index in [2.05, 4.69) is 33.4 Å². The van der Waals surface area contributed by atoms with Gasteiger partial charge in [-0.25, -0.2) is 0 Å². The molecule has 27 heavy (non-hydrogen) atoms. The first-order chi connectivity index (χ1) is 13.3. The van der Waals surface area contributed by atoms with Crippen LogP contribution in [0.3, 0.4) is 0 Å². The molecule has 8 nitrogen and oxygen atoms in total. The number of anilines is 3. The molecular weight excluding hydrogens is 459 g/mol. The molecule has 4 rings (SSSR count). The summed E-state index contributed by atoms with van der Waals surface area (Å²) in [5.41, 5.74) is 0.880. The molecule has 2 fully saturated rings. The van der Waals surface area contributed by atoms with E-state index < -0.39 is 19.8 Å². The van der Waals surface area contributed by atoms with Gasteiger partial charge in [-0.3, -0.25) is 0 Å². The van der Waals surface area contributed by atoms with Crippen LogP contribution >= 0.6 is 19.8 Å². The molecule has 2 aliphatic rings. The molecule has 0 bridgehead atoms. The van der Waals surface area contributed by atoms with E-state index in [1.165, 1.54) is 14.2 Å². The normalized spacial score (nSPS) is 21.9. The van der Waals surface area contributed by atoms with Gasteiger partial charge >= 0.3 is 166 Å². The Morgan fingerprint density at radius 2 is 2.33 bits per heavy atom. The predicted molar refractivity (Wildman–Crippen MR) is 115 cm³/mol. The fraction of sp³-hybridized carbons (Fsp3) is 0.500. The number of ether oxygens (including phenoxy) is 2. The molecule has 146 valence electrons. The zero-order valence-electron chi connectivity index (χ0n) is 15.4. The summed E-state index contributed by atoms with van der Waals surface area (Å²) in [7, 11) is 0. The van der Waals surface area contributed by atoms with E-state index in [1.807, 2.05) is 6.07 Å². The monoisotopic (exact) mass is 484 g/mol. The van der Waals surface area contributed by atoms with Crippen molar-refractivity contribution in [2.45, 2.75) is 19.4 Å². The maximum atomic E-state index is 8.05. The van der Waals surface area contributed by atoms with Crippen molar-refractivity contribution < 1.29 is 9.47 Å². The molecule has 0 aromatic carbocycles. The van der Waals surface area contributed by atoms with Gasteiger partial charge in [-0.15, -0.1) is 0 Å². The Kier molecular flexibility index (Phi) is 5.89. The Bertz CT molecular complexity index is 778. The summed E-state index contributed by atoms with van der Waals surface area (Å²) in [6.07, 6.45) is 4.24. The van der Waals surface area contributed by atoms with Gasteiger partial charge in [0.25, 0.3) is 0 Å². The van der Waals surface area contributed by atoms with Gasteiger partial charge in [0.15, 0.2) is 0 Å². The van der Waals surface area contributed by atoms with Crippen LogP contribution in [0.2, 0.25) is 0 Å². The molecule has 2 aromatic rings. The Morgan fingerprint density at radius 3 is 3.04 bits per heavy atom. The number of rotatable bonds is 5. The van der Waals surface area contributed by atoms with Crippen LogP contribution in [0.15, 0.2) is 18.3 Å². The SMILES string of the molecule is C[C@@H]1COCCN1c1cc(I2CCCOC2)c(C=N)c(Nc2ccn[nH]2)n1. The molecule has 2 saturated heterocycles. The van der Waals surface area contributed by atoms with Crippen molar-refractivity contribution in [1.82, 2.24) is 15.2 Å². The van der Waals surface area contributed by atoms with Crippen molar-refractivity contribution in [2.24, 2.45) is 0 Å². The van der Waals surface area contributed by atoms with E-state index in [4.69, 9.17) is 19.9 Å². The second kappa shape index (κ2) is 8.53. The van der Waals surface area contributed by atoms with Gasteiger partial charge < -0.3 is 0 Å². The van der Waals surface area contributed by atoms with Crippen LogP contribution in [0.4, 0.5) is 17.5 Å². The number of nitrogens with zero attached hydrogens (tertiary/aromatic N) is 3. The van der Waals surface area contributed by atoms with Gasteiger partial charge in [0.05, 0.1) is 0 Å². The second-order valence-corrected chi connectivity index (χ2v) is 12.1. The van der Waals surface area contributed by atoms with Crippen LogP contribution in [0, 0.1) is 8.98 Å². The number of hydrogen-bond acceptors (Lipinski definition) is 7. The van der Waals surface area contributed by atoms with Gasteiger partial charge in [0.2, 0.25) is 0 Å². The number of nitrogens with one attached hydrogen (secondary N) is 3. The molecule has 0 unspecified atom stereocenters. The minimum absolute atomic E-state index is 0.274. The average Bonchev–Trinajstić information content (AvgIpc) is 3.21. The van der Waals surface area contributed by atoms with Crippen molar-refractivity contribution in [1.29, 1.82) is 5.41 Å². The van der Waals surface area contributed by atoms with E-state index >= 15 is 0 Å². The first-order valence-corrected chi connectivity index (χ1v) is 13.2. The van der Waals surface area contributed by atoms with Crippen LogP contribution in [0.5, 0.6) is 0 Å². The van der Waals surface area contributed by atoms with Crippen LogP contribution in [-0.2, 0) is 9.47 Å². The summed E-state index contributed by atoms with van der Waals surface area (Å²) in [4.78, 5) is 7.20. The number of pyridine rings is 1. The number of aromatic amines is 1. The summed E-state index contributed by atoms with van der Waals surface area (Å²) in [5.74, 6) is 2.44. The standard InChI is InChI=1S/C18H25IN6O2/c1-13-11-26-8-6-25(13)17-9-15(19-4-2-7-27-12-19)14(10-20)18(23-17)22-16-3-5-21-24-16/h3,5,9-10,13,20H,2,4,6-8,11-12H2,1H3,(H2,21,22,23,24)/t13-/m1/s1. The Hall–Kier alpha value is -1.72. The van der Waals surface area contributed by atoms with Crippen LogP contribution in [-0.4, -0.2) is 62.8 Å². The third-order valence-electron chi connectivity index (χ3n) is 4.70. The third-order valence-corrected chi connectivity index (χ3v) is 10.5. The molecule has 1 atom stereocenters. The molecule has 9 heteroatoms. The zero-order valence-corrected chi connectivity index (χ0v) is 17.5. The molecule has 2 aliphatic heterocycles. The third kappa shape index (κ3) is 4.09. The van der Waals surface area contributed by atoms with Crippen molar-refractivity contribution in [3.63, 3.8) is 0 Å². The quantitative estimate of drug-likeness (QED) is 0.343. The van der Waals surface area contributed by atoms with Crippen molar-refractivity contribution in [3.8, 4) is 0 Å². The predicted octanol–water partition coefficient (Wildman–Crippen LogP) is 2.82. The zero-order chi connectivity index (χ0) is 18.6. The fourth-order valence-corrected chi connectivity index (χ4v) is 8.57. The first-order valence-electron chi connectivity index (χ1n) is 9.12. The van der Waals surface area contributed by atoms with Gasteiger partial charge in [0, 0.05) is 0 Å². The Labute approximate surface area is 165 Å². The molecule has 0 radical (unpaired) electrons.